The van der Waals surface area contributed by atoms with Gasteiger partial charge in [-0.15, -0.1) is 0 Å². The van der Waals surface area contributed by atoms with Gasteiger partial charge in [0.2, 0.25) is 11.8 Å². The summed E-state index contributed by atoms with van der Waals surface area (Å²) in [5.74, 6) is 2.05. The number of nitrogens with zero attached hydrogens (tertiary/aromatic N) is 2. The van der Waals surface area contributed by atoms with Crippen molar-refractivity contribution in [3.63, 3.8) is 0 Å². The Hall–Kier alpha value is -2.04. The Bertz CT molecular complexity index is 615. The van der Waals surface area contributed by atoms with Gasteiger partial charge >= 0.3 is 0 Å². The molecule has 2 aliphatic rings. The van der Waals surface area contributed by atoms with E-state index in [1.165, 1.54) is 25.7 Å². The number of hydrogen-bond donors (Lipinski definition) is 0. The van der Waals surface area contributed by atoms with E-state index in [0.717, 1.165) is 30.1 Å². The highest BCUT2D eigenvalue weighted by Crippen LogP contribution is 2.28. The molecule has 27 heavy (non-hydrogen) atoms. The second kappa shape index (κ2) is 9.77. The zero-order chi connectivity index (χ0) is 19.1. The molecule has 1 aromatic rings. The van der Waals surface area contributed by atoms with Crippen LogP contribution < -0.4 is 4.74 Å². The van der Waals surface area contributed by atoms with Gasteiger partial charge in [-0.25, -0.2) is 0 Å². The molecule has 1 saturated carbocycles. The van der Waals surface area contributed by atoms with E-state index in [9.17, 15) is 9.59 Å². The molecule has 5 nitrogen and oxygen atoms in total. The van der Waals surface area contributed by atoms with Crippen molar-refractivity contribution in [2.24, 2.45) is 5.92 Å². The largest absolute Gasteiger partial charge is 0.497 e. The molecule has 2 fully saturated rings. The third-order valence-corrected chi connectivity index (χ3v) is 6.01. The average Bonchev–Trinajstić information content (AvgIpc) is 3.24. The van der Waals surface area contributed by atoms with Gasteiger partial charge < -0.3 is 14.5 Å². The summed E-state index contributed by atoms with van der Waals surface area (Å²) in [6, 6.07) is 7.87. The van der Waals surface area contributed by atoms with Crippen LogP contribution in [-0.2, 0) is 16.0 Å². The van der Waals surface area contributed by atoms with E-state index in [2.05, 4.69) is 0 Å². The number of ether oxygens (including phenoxy) is 1. The monoisotopic (exact) mass is 372 g/mol. The molecule has 0 radical (unpaired) electrons. The van der Waals surface area contributed by atoms with E-state index in [-0.39, 0.29) is 11.8 Å². The summed E-state index contributed by atoms with van der Waals surface area (Å²) < 4.78 is 5.16. The Kier molecular flexibility index (Phi) is 7.13. The highest BCUT2D eigenvalue weighted by molar-refractivity contribution is 5.78. The van der Waals surface area contributed by atoms with Crippen molar-refractivity contribution in [2.75, 3.05) is 33.3 Å². The van der Waals surface area contributed by atoms with Crippen LogP contribution in [-0.4, -0.2) is 54.9 Å². The molecular formula is C22H32N2O3. The molecule has 1 aromatic carbocycles. The van der Waals surface area contributed by atoms with Crippen LogP contribution in [0.3, 0.4) is 0 Å². The van der Waals surface area contributed by atoms with E-state index >= 15 is 0 Å². The highest BCUT2D eigenvalue weighted by Gasteiger charge is 2.24. The molecule has 1 aliphatic heterocycles. The van der Waals surface area contributed by atoms with Crippen molar-refractivity contribution < 1.29 is 14.3 Å². The van der Waals surface area contributed by atoms with Gasteiger partial charge in [0.1, 0.15) is 5.75 Å². The number of carbonyl (C=O) groups is 2. The molecule has 5 heteroatoms. The second-order valence-corrected chi connectivity index (χ2v) is 7.80. The maximum absolute atomic E-state index is 12.5. The van der Waals surface area contributed by atoms with Gasteiger partial charge in [-0.1, -0.05) is 37.8 Å². The molecule has 2 amide bonds. The van der Waals surface area contributed by atoms with E-state index in [4.69, 9.17) is 4.74 Å². The van der Waals surface area contributed by atoms with Gasteiger partial charge in [-0.05, 0) is 36.5 Å². The van der Waals surface area contributed by atoms with E-state index in [0.29, 0.717) is 39.0 Å². The number of piperazine rings is 1. The maximum Gasteiger partial charge on any atom is 0.223 e. The molecular weight excluding hydrogens is 340 g/mol. The molecule has 148 valence electrons. The zero-order valence-electron chi connectivity index (χ0n) is 16.5. The van der Waals surface area contributed by atoms with E-state index in [1.54, 1.807) is 7.11 Å². The zero-order valence-corrected chi connectivity index (χ0v) is 16.5. The van der Waals surface area contributed by atoms with Crippen LogP contribution in [0.4, 0.5) is 0 Å². The molecule has 0 spiro atoms. The van der Waals surface area contributed by atoms with Crippen molar-refractivity contribution in [3.05, 3.63) is 29.8 Å². The predicted octanol–water partition coefficient (Wildman–Crippen LogP) is 3.27. The summed E-state index contributed by atoms with van der Waals surface area (Å²) in [4.78, 5) is 28.7. The number of amides is 2. The van der Waals surface area contributed by atoms with Crippen molar-refractivity contribution in [1.29, 1.82) is 0 Å². The third kappa shape index (κ3) is 5.72. The summed E-state index contributed by atoms with van der Waals surface area (Å²) in [6.07, 6.45) is 8.22. The first-order chi connectivity index (χ1) is 13.2. The van der Waals surface area contributed by atoms with Crippen molar-refractivity contribution in [2.45, 2.75) is 51.4 Å². The first-order valence-electron chi connectivity index (χ1n) is 10.3. The van der Waals surface area contributed by atoms with Gasteiger partial charge in [-0.3, -0.25) is 9.59 Å². The number of carbonyl (C=O) groups excluding carboxylic acids is 2. The van der Waals surface area contributed by atoms with Crippen molar-refractivity contribution in [3.8, 4) is 5.75 Å². The van der Waals surface area contributed by atoms with Gasteiger partial charge in [0.25, 0.3) is 0 Å². The van der Waals surface area contributed by atoms with Crippen LogP contribution in [0.25, 0.3) is 0 Å². The number of benzene rings is 1. The minimum Gasteiger partial charge on any atom is -0.497 e. The molecule has 0 atom stereocenters. The summed E-state index contributed by atoms with van der Waals surface area (Å²) in [5, 5.41) is 0. The first-order valence-corrected chi connectivity index (χ1v) is 10.3. The summed E-state index contributed by atoms with van der Waals surface area (Å²) >= 11 is 0. The SMILES string of the molecule is COc1ccc(CCC(=O)N2CCN(C(=O)CCC3CCCC3)CC2)cc1. The lowest BCUT2D eigenvalue weighted by molar-refractivity contribution is -0.139. The molecule has 0 aromatic heterocycles. The van der Waals surface area contributed by atoms with E-state index in [1.807, 2.05) is 34.1 Å². The Labute approximate surface area is 162 Å². The molecule has 1 aliphatic carbocycles. The van der Waals surface area contributed by atoms with Crippen molar-refractivity contribution >= 4 is 11.8 Å². The summed E-state index contributed by atoms with van der Waals surface area (Å²) in [5.41, 5.74) is 1.14. The third-order valence-electron chi connectivity index (χ3n) is 6.01. The van der Waals surface area contributed by atoms with E-state index < -0.39 is 0 Å². The molecule has 0 N–H and O–H groups in total. The van der Waals surface area contributed by atoms with Crippen LogP contribution in [0, 0.1) is 5.92 Å². The standard InChI is InChI=1S/C22H32N2O3/c1-27-20-10-6-19(7-11-20)9-13-22(26)24-16-14-23(15-17-24)21(25)12-8-18-4-2-3-5-18/h6-7,10-11,18H,2-5,8-9,12-17H2,1H3. The van der Waals surface area contributed by atoms with Crippen LogP contribution in [0.1, 0.15) is 50.5 Å². The number of methoxy groups -OCH3 is 1. The Balaban J connectivity index is 1.36. The molecule has 3 rings (SSSR count). The quantitative estimate of drug-likeness (QED) is 0.738. The Morgan fingerprint density at radius 2 is 1.48 bits per heavy atom. The van der Waals surface area contributed by atoms with Crippen molar-refractivity contribution in [1.82, 2.24) is 9.80 Å². The lowest BCUT2D eigenvalue weighted by Gasteiger charge is -2.35. The van der Waals surface area contributed by atoms with Crippen LogP contribution in [0.5, 0.6) is 5.75 Å². The van der Waals surface area contributed by atoms with Crippen LogP contribution in [0.15, 0.2) is 24.3 Å². The number of hydrogen-bond acceptors (Lipinski definition) is 3. The Morgan fingerprint density at radius 3 is 2.04 bits per heavy atom. The topological polar surface area (TPSA) is 49.9 Å². The van der Waals surface area contributed by atoms with Gasteiger partial charge in [0.15, 0.2) is 0 Å². The average molecular weight is 373 g/mol. The van der Waals surface area contributed by atoms with Crippen LogP contribution >= 0.6 is 0 Å². The molecule has 0 unspecified atom stereocenters. The fraction of sp³-hybridized carbons (Fsp3) is 0.636. The summed E-state index contributed by atoms with van der Waals surface area (Å²) in [6.45, 7) is 2.68. The Morgan fingerprint density at radius 1 is 0.926 bits per heavy atom. The molecule has 0 bridgehead atoms. The summed E-state index contributed by atoms with van der Waals surface area (Å²) in [7, 11) is 1.65. The predicted molar refractivity (Wildman–Crippen MR) is 106 cm³/mol. The fourth-order valence-electron chi connectivity index (χ4n) is 4.19. The minimum atomic E-state index is 0.184. The fourth-order valence-corrected chi connectivity index (χ4v) is 4.19. The van der Waals surface area contributed by atoms with Crippen LogP contribution in [0.2, 0.25) is 0 Å². The van der Waals surface area contributed by atoms with Gasteiger partial charge in [-0.2, -0.15) is 0 Å². The smallest absolute Gasteiger partial charge is 0.223 e. The molecule has 1 heterocycles. The second-order valence-electron chi connectivity index (χ2n) is 7.80. The first kappa shape index (κ1) is 19.7. The minimum absolute atomic E-state index is 0.184. The highest BCUT2D eigenvalue weighted by atomic mass is 16.5. The number of aryl methyl sites for hydroxylation is 1. The lowest BCUT2D eigenvalue weighted by Crippen LogP contribution is -2.50. The lowest BCUT2D eigenvalue weighted by atomic mass is 10.0. The normalized spacial score (nSPS) is 18.0. The number of rotatable bonds is 7. The molecule has 1 saturated heterocycles. The maximum atomic E-state index is 12.5. The van der Waals surface area contributed by atoms with Gasteiger partial charge in [0, 0.05) is 39.0 Å². The van der Waals surface area contributed by atoms with Gasteiger partial charge in [0.05, 0.1) is 7.11 Å².